The van der Waals surface area contributed by atoms with E-state index in [0.29, 0.717) is 12.6 Å². The Hall–Kier alpha value is -1.69. The third-order valence-electron chi connectivity index (χ3n) is 3.51. The number of aromatic nitrogens is 2. The molecule has 1 fully saturated rings. The zero-order valence-corrected chi connectivity index (χ0v) is 11.2. The maximum atomic E-state index is 12.0. The van der Waals surface area contributed by atoms with Gasteiger partial charge in [-0.2, -0.15) is 5.10 Å². The predicted octanol–water partition coefficient (Wildman–Crippen LogP) is 0.474. The van der Waals surface area contributed by atoms with Crippen LogP contribution in [0.1, 0.15) is 19.8 Å². The van der Waals surface area contributed by atoms with Crippen molar-refractivity contribution in [2.75, 3.05) is 25.0 Å². The fraction of sp³-hybridized carbons (Fsp3) is 0.615. The second kappa shape index (κ2) is 6.47. The molecule has 1 atom stereocenters. The van der Waals surface area contributed by atoms with Gasteiger partial charge in [0.1, 0.15) is 5.82 Å². The fourth-order valence-corrected chi connectivity index (χ4v) is 2.24. The average Bonchev–Trinajstić information content (AvgIpc) is 2.47. The first-order chi connectivity index (χ1) is 9.20. The van der Waals surface area contributed by atoms with Crippen molar-refractivity contribution in [2.45, 2.75) is 25.8 Å². The molecule has 1 aliphatic rings. The lowest BCUT2D eigenvalue weighted by Crippen LogP contribution is -2.45. The summed E-state index contributed by atoms with van der Waals surface area (Å²) in [4.78, 5) is 13.9. The van der Waals surface area contributed by atoms with Gasteiger partial charge in [0.2, 0.25) is 5.91 Å². The van der Waals surface area contributed by atoms with Crippen LogP contribution in [-0.2, 0) is 4.79 Å². The second-order valence-electron chi connectivity index (χ2n) is 4.99. The Labute approximate surface area is 113 Å². The highest BCUT2D eigenvalue weighted by molar-refractivity contribution is 5.78. The minimum Gasteiger partial charge on any atom is -0.366 e. The number of likely N-dealkylation sites (tertiary alicyclic amines) is 1. The van der Waals surface area contributed by atoms with E-state index < -0.39 is 0 Å². The van der Waals surface area contributed by atoms with Gasteiger partial charge in [0.05, 0.1) is 0 Å². The number of piperidine rings is 1. The molecule has 104 valence electrons. The van der Waals surface area contributed by atoms with Crippen LogP contribution in [-0.4, -0.2) is 46.7 Å². The second-order valence-corrected chi connectivity index (χ2v) is 4.99. The standard InChI is InChI=1S/C13H21N5O/c1-10(9-14)13(19)18-7-4-11(5-8-18)16-12-3-2-6-15-17-12/h2-3,6,10-11H,4-5,7-9,14H2,1H3,(H,16,17). The molecule has 1 saturated heterocycles. The number of carbonyl (C=O) groups excluding carboxylic acids is 1. The Morgan fingerprint density at radius 3 is 2.89 bits per heavy atom. The maximum Gasteiger partial charge on any atom is 0.226 e. The largest absolute Gasteiger partial charge is 0.366 e. The van der Waals surface area contributed by atoms with E-state index in [0.717, 1.165) is 31.7 Å². The molecular formula is C13H21N5O. The molecule has 0 bridgehead atoms. The molecule has 1 aliphatic heterocycles. The first-order valence-electron chi connectivity index (χ1n) is 6.74. The summed E-state index contributed by atoms with van der Waals surface area (Å²) < 4.78 is 0. The number of hydrogen-bond acceptors (Lipinski definition) is 5. The van der Waals surface area contributed by atoms with Crippen molar-refractivity contribution in [2.24, 2.45) is 11.7 Å². The lowest BCUT2D eigenvalue weighted by Gasteiger charge is -2.33. The van der Waals surface area contributed by atoms with E-state index in [2.05, 4.69) is 15.5 Å². The summed E-state index contributed by atoms with van der Waals surface area (Å²) in [5.74, 6) is 0.882. The molecular weight excluding hydrogens is 242 g/mol. The van der Waals surface area contributed by atoms with Crippen molar-refractivity contribution in [3.8, 4) is 0 Å². The molecule has 6 nitrogen and oxygen atoms in total. The highest BCUT2D eigenvalue weighted by atomic mass is 16.2. The lowest BCUT2D eigenvalue weighted by atomic mass is 10.0. The Morgan fingerprint density at radius 1 is 1.58 bits per heavy atom. The van der Waals surface area contributed by atoms with Gasteiger partial charge in [-0.15, -0.1) is 5.10 Å². The Balaban J connectivity index is 1.81. The minimum absolute atomic E-state index is 0.0792. The third kappa shape index (κ3) is 3.64. The zero-order chi connectivity index (χ0) is 13.7. The molecule has 1 aromatic heterocycles. The van der Waals surface area contributed by atoms with Gasteiger partial charge in [0.15, 0.2) is 0 Å². The van der Waals surface area contributed by atoms with Crippen LogP contribution in [0.5, 0.6) is 0 Å². The number of rotatable bonds is 4. The molecule has 2 heterocycles. The summed E-state index contributed by atoms with van der Waals surface area (Å²) in [5, 5.41) is 11.2. The van der Waals surface area contributed by atoms with Crippen LogP contribution in [0.25, 0.3) is 0 Å². The molecule has 0 spiro atoms. The molecule has 0 aliphatic carbocycles. The molecule has 0 radical (unpaired) electrons. The van der Waals surface area contributed by atoms with E-state index >= 15 is 0 Å². The Kier molecular flexibility index (Phi) is 4.68. The van der Waals surface area contributed by atoms with Gasteiger partial charge in [0, 0.05) is 37.8 Å². The first kappa shape index (κ1) is 13.7. The topological polar surface area (TPSA) is 84.1 Å². The van der Waals surface area contributed by atoms with Gasteiger partial charge in [-0.05, 0) is 25.0 Å². The van der Waals surface area contributed by atoms with E-state index in [9.17, 15) is 4.79 Å². The van der Waals surface area contributed by atoms with Crippen molar-refractivity contribution in [3.63, 3.8) is 0 Å². The number of anilines is 1. The molecule has 1 aromatic rings. The van der Waals surface area contributed by atoms with Gasteiger partial charge in [0.25, 0.3) is 0 Å². The van der Waals surface area contributed by atoms with E-state index in [-0.39, 0.29) is 11.8 Å². The van der Waals surface area contributed by atoms with E-state index in [1.165, 1.54) is 0 Å². The van der Waals surface area contributed by atoms with E-state index in [1.54, 1.807) is 6.20 Å². The monoisotopic (exact) mass is 263 g/mol. The van der Waals surface area contributed by atoms with Gasteiger partial charge in [-0.25, -0.2) is 0 Å². The quantitative estimate of drug-likeness (QED) is 0.825. The molecule has 6 heteroatoms. The number of amides is 1. The zero-order valence-electron chi connectivity index (χ0n) is 11.2. The van der Waals surface area contributed by atoms with Crippen LogP contribution in [0.4, 0.5) is 5.82 Å². The molecule has 3 N–H and O–H groups in total. The van der Waals surface area contributed by atoms with Crippen molar-refractivity contribution in [3.05, 3.63) is 18.3 Å². The van der Waals surface area contributed by atoms with Crippen LogP contribution >= 0.6 is 0 Å². The van der Waals surface area contributed by atoms with Gasteiger partial charge in [-0.3, -0.25) is 4.79 Å². The van der Waals surface area contributed by atoms with Crippen molar-refractivity contribution >= 4 is 11.7 Å². The van der Waals surface area contributed by atoms with Crippen molar-refractivity contribution < 1.29 is 4.79 Å². The molecule has 0 aromatic carbocycles. The highest BCUT2D eigenvalue weighted by Crippen LogP contribution is 2.16. The van der Waals surface area contributed by atoms with Crippen LogP contribution in [0.3, 0.4) is 0 Å². The maximum absolute atomic E-state index is 12.0. The highest BCUT2D eigenvalue weighted by Gasteiger charge is 2.25. The van der Waals surface area contributed by atoms with Crippen molar-refractivity contribution in [1.29, 1.82) is 0 Å². The summed E-state index contributed by atoms with van der Waals surface area (Å²) in [6.45, 7) is 3.85. The van der Waals surface area contributed by atoms with Gasteiger partial charge >= 0.3 is 0 Å². The van der Waals surface area contributed by atoms with Gasteiger partial charge < -0.3 is 16.0 Å². The number of hydrogen-bond donors (Lipinski definition) is 2. The number of carbonyl (C=O) groups is 1. The number of nitrogens with one attached hydrogen (secondary N) is 1. The summed E-state index contributed by atoms with van der Waals surface area (Å²) in [6.07, 6.45) is 3.51. The van der Waals surface area contributed by atoms with Crippen LogP contribution in [0.2, 0.25) is 0 Å². The first-order valence-corrected chi connectivity index (χ1v) is 6.74. The van der Waals surface area contributed by atoms with E-state index in [1.807, 2.05) is 24.0 Å². The molecule has 2 rings (SSSR count). The minimum atomic E-state index is -0.0792. The number of nitrogens with zero attached hydrogens (tertiary/aromatic N) is 3. The predicted molar refractivity (Wildman–Crippen MR) is 73.5 cm³/mol. The summed E-state index contributed by atoms with van der Waals surface area (Å²) >= 11 is 0. The Bertz CT molecular complexity index is 403. The van der Waals surface area contributed by atoms with Crippen LogP contribution in [0, 0.1) is 5.92 Å². The SMILES string of the molecule is CC(CN)C(=O)N1CCC(Nc2cccnn2)CC1. The third-order valence-corrected chi connectivity index (χ3v) is 3.51. The summed E-state index contributed by atoms with van der Waals surface area (Å²) in [5.41, 5.74) is 5.53. The van der Waals surface area contributed by atoms with Crippen molar-refractivity contribution in [1.82, 2.24) is 15.1 Å². The van der Waals surface area contributed by atoms with Crippen LogP contribution < -0.4 is 11.1 Å². The summed E-state index contributed by atoms with van der Waals surface area (Å²) in [6, 6.07) is 4.12. The lowest BCUT2D eigenvalue weighted by molar-refractivity contribution is -0.135. The Morgan fingerprint density at radius 2 is 2.32 bits per heavy atom. The molecule has 19 heavy (non-hydrogen) atoms. The van der Waals surface area contributed by atoms with Crippen LogP contribution in [0.15, 0.2) is 18.3 Å². The fourth-order valence-electron chi connectivity index (χ4n) is 2.24. The molecule has 1 amide bonds. The normalized spacial score (nSPS) is 18.1. The smallest absolute Gasteiger partial charge is 0.226 e. The average molecular weight is 263 g/mol. The van der Waals surface area contributed by atoms with Gasteiger partial charge in [-0.1, -0.05) is 6.92 Å². The van der Waals surface area contributed by atoms with E-state index in [4.69, 9.17) is 5.73 Å². The summed E-state index contributed by atoms with van der Waals surface area (Å²) in [7, 11) is 0. The number of nitrogens with two attached hydrogens (primary N) is 1. The molecule has 1 unspecified atom stereocenters. The molecule has 0 saturated carbocycles.